The molecule has 0 unspecified atom stereocenters. The van der Waals surface area contributed by atoms with E-state index < -0.39 is 0 Å². The first kappa shape index (κ1) is 12.3. The Morgan fingerprint density at radius 3 is 2.75 bits per heavy atom. The summed E-state index contributed by atoms with van der Waals surface area (Å²) in [5, 5.41) is 19.2. The third-order valence-corrected chi connectivity index (χ3v) is 3.45. The Morgan fingerprint density at radius 2 is 1.95 bits per heavy atom. The second-order valence-corrected chi connectivity index (χ2v) is 4.80. The van der Waals surface area contributed by atoms with E-state index >= 15 is 0 Å². The molecule has 4 N–H and O–H groups in total. The Hall–Kier alpha value is -2.69. The molecule has 0 radical (unpaired) electrons. The zero-order chi connectivity index (χ0) is 14.3. The minimum Gasteiger partial charge on any atom is -0.508 e. The van der Waals surface area contributed by atoms with Crippen LogP contribution >= 0.6 is 0 Å². The summed E-state index contributed by atoms with van der Waals surface area (Å²) in [6, 6.07) is 9.31. The van der Waals surface area contributed by atoms with E-state index in [0.717, 1.165) is 17.7 Å². The Kier molecular flexibility index (Phi) is 2.75. The first-order chi connectivity index (χ1) is 9.56. The van der Waals surface area contributed by atoms with Crippen LogP contribution in [0.2, 0.25) is 0 Å². The van der Waals surface area contributed by atoms with Crippen molar-refractivity contribution in [3.63, 3.8) is 0 Å². The van der Waals surface area contributed by atoms with Gasteiger partial charge in [-0.25, -0.2) is 0 Å². The van der Waals surface area contributed by atoms with Crippen LogP contribution in [-0.4, -0.2) is 22.7 Å². The van der Waals surface area contributed by atoms with Gasteiger partial charge in [-0.2, -0.15) is 0 Å². The molecule has 0 bridgehead atoms. The Balaban J connectivity index is 2.00. The monoisotopic (exact) mass is 270 g/mol. The number of phenols is 2. The molecule has 0 atom stereocenters. The molecule has 5 nitrogen and oxygen atoms in total. The lowest BCUT2D eigenvalue weighted by Crippen LogP contribution is -2.28. The quantitative estimate of drug-likeness (QED) is 0.545. The molecule has 2 aromatic carbocycles. The second kappa shape index (κ2) is 4.45. The van der Waals surface area contributed by atoms with Crippen LogP contribution in [0.3, 0.4) is 0 Å². The van der Waals surface area contributed by atoms with Gasteiger partial charge in [0, 0.05) is 17.9 Å². The number of nitrogens with zero attached hydrogens (tertiary/aromatic N) is 1. The van der Waals surface area contributed by atoms with E-state index in [9.17, 15) is 15.0 Å². The van der Waals surface area contributed by atoms with Gasteiger partial charge in [-0.1, -0.05) is 0 Å². The summed E-state index contributed by atoms with van der Waals surface area (Å²) < 4.78 is 0. The van der Waals surface area contributed by atoms with Gasteiger partial charge in [-0.05, 0) is 48.4 Å². The van der Waals surface area contributed by atoms with Crippen molar-refractivity contribution in [1.82, 2.24) is 0 Å². The van der Waals surface area contributed by atoms with Crippen LogP contribution in [0.1, 0.15) is 15.9 Å². The van der Waals surface area contributed by atoms with Gasteiger partial charge in [0.2, 0.25) is 0 Å². The van der Waals surface area contributed by atoms with E-state index in [1.54, 1.807) is 17.0 Å². The molecule has 5 heteroatoms. The highest BCUT2D eigenvalue weighted by molar-refractivity contribution is 6.09. The predicted octanol–water partition coefficient (Wildman–Crippen LogP) is 1.88. The normalized spacial score (nSPS) is 13.3. The van der Waals surface area contributed by atoms with Crippen LogP contribution in [0.15, 0.2) is 36.4 Å². The predicted molar refractivity (Wildman–Crippen MR) is 76.0 cm³/mol. The van der Waals surface area contributed by atoms with Crippen molar-refractivity contribution in [1.29, 1.82) is 0 Å². The number of hydrogen-bond donors (Lipinski definition) is 3. The summed E-state index contributed by atoms with van der Waals surface area (Å²) >= 11 is 0. The number of aromatic hydroxyl groups is 2. The first-order valence-electron chi connectivity index (χ1n) is 6.28. The minimum absolute atomic E-state index is 0.0529. The number of fused-ring (bicyclic) bond motifs is 1. The van der Waals surface area contributed by atoms with Crippen LogP contribution in [0.25, 0.3) is 0 Å². The van der Waals surface area contributed by atoms with Gasteiger partial charge >= 0.3 is 0 Å². The number of phenolic OH excluding ortho intramolecular Hbond substituents is 2. The molecule has 20 heavy (non-hydrogen) atoms. The highest BCUT2D eigenvalue weighted by Gasteiger charge is 2.27. The standard InChI is InChI=1S/C15H14N2O3/c16-10-1-3-13-9(7-10)5-6-17(13)15(20)12-8-11(18)2-4-14(12)19/h1-4,7-8,18-19H,5-6,16H2. The maximum Gasteiger partial charge on any atom is 0.262 e. The van der Waals surface area contributed by atoms with E-state index in [4.69, 9.17) is 5.73 Å². The van der Waals surface area contributed by atoms with Crippen LogP contribution in [0.5, 0.6) is 11.5 Å². The highest BCUT2D eigenvalue weighted by atomic mass is 16.3. The molecular formula is C15H14N2O3. The summed E-state index contributed by atoms with van der Waals surface area (Å²) in [6.07, 6.45) is 0.728. The molecule has 0 aromatic heterocycles. The average molecular weight is 270 g/mol. The Morgan fingerprint density at radius 1 is 1.15 bits per heavy atom. The highest BCUT2D eigenvalue weighted by Crippen LogP contribution is 2.33. The van der Waals surface area contributed by atoms with Gasteiger partial charge < -0.3 is 20.8 Å². The zero-order valence-electron chi connectivity index (χ0n) is 10.7. The summed E-state index contributed by atoms with van der Waals surface area (Å²) in [7, 11) is 0. The topological polar surface area (TPSA) is 86.8 Å². The van der Waals surface area contributed by atoms with Crippen molar-refractivity contribution in [3.05, 3.63) is 47.5 Å². The van der Waals surface area contributed by atoms with E-state index in [1.165, 1.54) is 18.2 Å². The zero-order valence-corrected chi connectivity index (χ0v) is 10.7. The number of carbonyl (C=O) groups is 1. The first-order valence-corrected chi connectivity index (χ1v) is 6.28. The van der Waals surface area contributed by atoms with Gasteiger partial charge in [0.05, 0.1) is 5.56 Å². The van der Waals surface area contributed by atoms with Crippen molar-refractivity contribution < 1.29 is 15.0 Å². The maximum absolute atomic E-state index is 12.5. The van der Waals surface area contributed by atoms with Gasteiger partial charge in [0.1, 0.15) is 11.5 Å². The van der Waals surface area contributed by atoms with E-state index in [0.29, 0.717) is 12.2 Å². The largest absolute Gasteiger partial charge is 0.508 e. The van der Waals surface area contributed by atoms with Crippen molar-refractivity contribution in [2.24, 2.45) is 0 Å². The van der Waals surface area contributed by atoms with Gasteiger partial charge in [-0.3, -0.25) is 4.79 Å². The fourth-order valence-corrected chi connectivity index (χ4v) is 2.47. The summed E-state index contributed by atoms with van der Waals surface area (Å²) in [5.41, 5.74) is 8.30. The van der Waals surface area contributed by atoms with Crippen LogP contribution in [-0.2, 0) is 6.42 Å². The number of carbonyl (C=O) groups excluding carboxylic acids is 1. The summed E-state index contributed by atoms with van der Waals surface area (Å²) in [5.74, 6) is -0.526. The van der Waals surface area contributed by atoms with E-state index in [1.807, 2.05) is 6.07 Å². The smallest absolute Gasteiger partial charge is 0.262 e. The molecule has 0 spiro atoms. The molecule has 2 aromatic rings. The third-order valence-electron chi connectivity index (χ3n) is 3.45. The summed E-state index contributed by atoms with van der Waals surface area (Å²) in [4.78, 5) is 14.1. The number of nitrogen functional groups attached to an aromatic ring is 1. The molecule has 0 aliphatic carbocycles. The lowest BCUT2D eigenvalue weighted by atomic mass is 10.1. The fraction of sp³-hybridized carbons (Fsp3) is 0.133. The molecule has 1 aliphatic heterocycles. The molecule has 0 saturated carbocycles. The molecule has 1 heterocycles. The number of anilines is 2. The van der Waals surface area contributed by atoms with E-state index in [-0.39, 0.29) is 23.0 Å². The van der Waals surface area contributed by atoms with Crippen molar-refractivity contribution in [2.45, 2.75) is 6.42 Å². The maximum atomic E-state index is 12.5. The second-order valence-electron chi connectivity index (χ2n) is 4.80. The lowest BCUT2D eigenvalue weighted by Gasteiger charge is -2.18. The van der Waals surface area contributed by atoms with Crippen molar-refractivity contribution in [3.8, 4) is 11.5 Å². The van der Waals surface area contributed by atoms with Crippen molar-refractivity contribution >= 4 is 17.3 Å². The van der Waals surface area contributed by atoms with Gasteiger partial charge in [0.25, 0.3) is 5.91 Å². The number of nitrogens with two attached hydrogens (primary N) is 1. The molecule has 1 amide bonds. The summed E-state index contributed by atoms with van der Waals surface area (Å²) in [6.45, 7) is 0.534. The van der Waals surface area contributed by atoms with Crippen molar-refractivity contribution in [2.75, 3.05) is 17.2 Å². The van der Waals surface area contributed by atoms with Gasteiger partial charge in [-0.15, -0.1) is 0 Å². The molecule has 0 saturated heterocycles. The molecule has 102 valence electrons. The average Bonchev–Trinajstić information content (AvgIpc) is 2.83. The van der Waals surface area contributed by atoms with Crippen LogP contribution in [0.4, 0.5) is 11.4 Å². The number of benzene rings is 2. The van der Waals surface area contributed by atoms with Crippen LogP contribution in [0, 0.1) is 0 Å². The Bertz CT molecular complexity index is 698. The van der Waals surface area contributed by atoms with E-state index in [2.05, 4.69) is 0 Å². The minimum atomic E-state index is -0.332. The molecule has 1 aliphatic rings. The molecule has 3 rings (SSSR count). The van der Waals surface area contributed by atoms with Gasteiger partial charge in [0.15, 0.2) is 0 Å². The third kappa shape index (κ3) is 1.93. The Labute approximate surface area is 115 Å². The fourth-order valence-electron chi connectivity index (χ4n) is 2.47. The van der Waals surface area contributed by atoms with Crippen LogP contribution < -0.4 is 10.6 Å². The SMILES string of the molecule is Nc1ccc2c(c1)CCN2C(=O)c1cc(O)ccc1O. The molecular weight excluding hydrogens is 256 g/mol. The lowest BCUT2D eigenvalue weighted by molar-refractivity contribution is 0.0986. The number of amides is 1. The molecule has 0 fully saturated rings. The number of rotatable bonds is 1. The number of hydrogen-bond acceptors (Lipinski definition) is 4.